The van der Waals surface area contributed by atoms with Crippen molar-refractivity contribution < 1.29 is 9.59 Å². The summed E-state index contributed by atoms with van der Waals surface area (Å²) in [5.74, 6) is -0.156. The summed E-state index contributed by atoms with van der Waals surface area (Å²) in [6.45, 7) is 5.00. The molecule has 0 aromatic rings. The summed E-state index contributed by atoms with van der Waals surface area (Å²) in [4.78, 5) is 21.7. The molecule has 0 rings (SSSR count). The van der Waals surface area contributed by atoms with E-state index in [9.17, 15) is 9.59 Å². The molecule has 0 aliphatic carbocycles. The van der Waals surface area contributed by atoms with Crippen LogP contribution in [-0.4, -0.2) is 17.6 Å². The summed E-state index contributed by atoms with van der Waals surface area (Å²) in [5, 5.41) is 0. The molecule has 0 bridgehead atoms. The molecule has 0 aromatic carbocycles. The van der Waals surface area contributed by atoms with Crippen molar-refractivity contribution in [1.82, 2.24) is 0 Å². The van der Waals surface area contributed by atoms with Gasteiger partial charge >= 0.3 is 0 Å². The Labute approximate surface area is 67.0 Å². The van der Waals surface area contributed by atoms with Crippen LogP contribution in [0.3, 0.4) is 0 Å². The Morgan fingerprint density at radius 3 is 2.09 bits per heavy atom. The molecule has 0 fully saturated rings. The third-order valence-electron chi connectivity index (χ3n) is 1.44. The number of carbonyl (C=O) groups is 2. The van der Waals surface area contributed by atoms with Crippen molar-refractivity contribution in [2.45, 2.75) is 33.2 Å². The van der Waals surface area contributed by atoms with Gasteiger partial charge in [0.25, 0.3) is 0 Å². The third-order valence-corrected chi connectivity index (χ3v) is 1.44. The Bertz CT molecular complexity index is 163. The lowest BCUT2D eigenvalue weighted by Gasteiger charge is -2.10. The predicted molar refractivity (Wildman–Crippen MR) is 43.1 cm³/mol. The molecule has 0 spiro atoms. The van der Waals surface area contributed by atoms with Gasteiger partial charge in [0.15, 0.2) is 5.78 Å². The van der Waals surface area contributed by atoms with Crippen molar-refractivity contribution in [2.75, 3.05) is 0 Å². The van der Waals surface area contributed by atoms with Crippen molar-refractivity contribution in [2.24, 2.45) is 11.7 Å². The van der Waals surface area contributed by atoms with Gasteiger partial charge in [0.05, 0.1) is 6.04 Å². The average molecular weight is 157 g/mol. The Hall–Kier alpha value is -0.700. The molecule has 0 aliphatic heterocycles. The molecule has 0 heterocycles. The molecule has 1 atom stereocenters. The van der Waals surface area contributed by atoms with Gasteiger partial charge in [-0.2, -0.15) is 0 Å². The maximum absolute atomic E-state index is 11.1. The first-order chi connectivity index (χ1) is 4.95. The second kappa shape index (κ2) is 4.23. The van der Waals surface area contributed by atoms with Gasteiger partial charge in [-0.05, 0) is 6.92 Å². The molecule has 0 radical (unpaired) electrons. The van der Waals surface area contributed by atoms with E-state index in [4.69, 9.17) is 5.73 Å². The highest BCUT2D eigenvalue weighted by Crippen LogP contribution is 2.01. The molecule has 0 amide bonds. The fraction of sp³-hybridized carbons (Fsp3) is 0.750. The van der Waals surface area contributed by atoms with E-state index in [1.54, 1.807) is 13.8 Å². The number of Topliss-reactive ketones (excluding diaryl/α,β-unsaturated/α-hetero) is 2. The first-order valence-corrected chi connectivity index (χ1v) is 3.74. The van der Waals surface area contributed by atoms with Gasteiger partial charge in [0.1, 0.15) is 5.78 Å². The number of hydrogen-bond donors (Lipinski definition) is 1. The second-order valence-corrected chi connectivity index (χ2v) is 3.07. The standard InChI is InChI=1S/C8H15NO2/c1-5(2)8(11)7(9)4-6(3)10/h5,7H,4,9H2,1-3H3. The van der Waals surface area contributed by atoms with Crippen LogP contribution in [0, 0.1) is 5.92 Å². The number of nitrogens with two attached hydrogens (primary N) is 1. The van der Waals surface area contributed by atoms with E-state index in [2.05, 4.69) is 0 Å². The van der Waals surface area contributed by atoms with Gasteiger partial charge in [-0.3, -0.25) is 9.59 Å². The summed E-state index contributed by atoms with van der Waals surface area (Å²) in [6, 6.07) is -0.604. The summed E-state index contributed by atoms with van der Waals surface area (Å²) < 4.78 is 0. The minimum Gasteiger partial charge on any atom is -0.321 e. The van der Waals surface area contributed by atoms with Crippen molar-refractivity contribution in [3.05, 3.63) is 0 Å². The topological polar surface area (TPSA) is 60.2 Å². The average Bonchev–Trinajstić information content (AvgIpc) is 1.84. The molecule has 2 N–H and O–H groups in total. The Kier molecular flexibility index (Phi) is 3.97. The summed E-state index contributed by atoms with van der Waals surface area (Å²) in [6.07, 6.45) is 0.164. The SMILES string of the molecule is CC(=O)CC(N)C(=O)C(C)C. The van der Waals surface area contributed by atoms with E-state index < -0.39 is 6.04 Å². The molecular weight excluding hydrogens is 142 g/mol. The predicted octanol–water partition coefficient (Wildman–Crippen LogP) is 0.518. The Morgan fingerprint density at radius 2 is 1.82 bits per heavy atom. The smallest absolute Gasteiger partial charge is 0.152 e. The largest absolute Gasteiger partial charge is 0.321 e. The van der Waals surface area contributed by atoms with Crippen LogP contribution in [0.2, 0.25) is 0 Å². The highest BCUT2D eigenvalue weighted by Gasteiger charge is 2.17. The fourth-order valence-electron chi connectivity index (χ4n) is 0.838. The monoisotopic (exact) mass is 157 g/mol. The first-order valence-electron chi connectivity index (χ1n) is 3.74. The van der Waals surface area contributed by atoms with Crippen molar-refractivity contribution in [1.29, 1.82) is 0 Å². The lowest BCUT2D eigenvalue weighted by atomic mass is 9.99. The first kappa shape index (κ1) is 10.3. The molecule has 0 aromatic heterocycles. The summed E-state index contributed by atoms with van der Waals surface area (Å²) in [5.41, 5.74) is 5.45. The minimum atomic E-state index is -0.604. The van der Waals surface area contributed by atoms with Gasteiger partial charge in [-0.15, -0.1) is 0 Å². The maximum Gasteiger partial charge on any atom is 0.152 e. The van der Waals surface area contributed by atoms with Crippen LogP contribution in [0.15, 0.2) is 0 Å². The number of carbonyl (C=O) groups excluding carboxylic acids is 2. The van der Waals surface area contributed by atoms with E-state index in [1.807, 2.05) is 0 Å². The lowest BCUT2D eigenvalue weighted by molar-refractivity contribution is -0.126. The van der Waals surface area contributed by atoms with Gasteiger partial charge in [0, 0.05) is 12.3 Å². The molecule has 64 valence electrons. The zero-order chi connectivity index (χ0) is 9.02. The summed E-state index contributed by atoms with van der Waals surface area (Å²) >= 11 is 0. The molecule has 3 heteroatoms. The van der Waals surface area contributed by atoms with Crippen LogP contribution in [0.25, 0.3) is 0 Å². The number of rotatable bonds is 4. The highest BCUT2D eigenvalue weighted by molar-refractivity contribution is 5.90. The van der Waals surface area contributed by atoms with Gasteiger partial charge in [0.2, 0.25) is 0 Å². The van der Waals surface area contributed by atoms with Crippen LogP contribution in [0.4, 0.5) is 0 Å². The van der Waals surface area contributed by atoms with E-state index in [-0.39, 0.29) is 23.9 Å². The molecule has 0 saturated carbocycles. The van der Waals surface area contributed by atoms with Crippen molar-refractivity contribution in [3.8, 4) is 0 Å². The van der Waals surface area contributed by atoms with Crippen LogP contribution in [0.1, 0.15) is 27.2 Å². The van der Waals surface area contributed by atoms with Gasteiger partial charge in [-0.25, -0.2) is 0 Å². The quantitative estimate of drug-likeness (QED) is 0.647. The number of hydrogen-bond acceptors (Lipinski definition) is 3. The Morgan fingerprint density at radius 1 is 1.36 bits per heavy atom. The minimum absolute atomic E-state index is 0.0356. The molecule has 0 aliphatic rings. The van der Waals surface area contributed by atoms with Crippen LogP contribution in [0.5, 0.6) is 0 Å². The molecule has 11 heavy (non-hydrogen) atoms. The fourth-order valence-corrected chi connectivity index (χ4v) is 0.838. The molecule has 3 nitrogen and oxygen atoms in total. The van der Waals surface area contributed by atoms with E-state index in [0.29, 0.717) is 0 Å². The van der Waals surface area contributed by atoms with Crippen LogP contribution in [-0.2, 0) is 9.59 Å². The van der Waals surface area contributed by atoms with Crippen LogP contribution < -0.4 is 5.73 Å². The highest BCUT2D eigenvalue weighted by atomic mass is 16.1. The van der Waals surface area contributed by atoms with Gasteiger partial charge in [-0.1, -0.05) is 13.8 Å². The van der Waals surface area contributed by atoms with E-state index in [1.165, 1.54) is 6.92 Å². The Balaban J connectivity index is 3.93. The molecule has 0 saturated heterocycles. The van der Waals surface area contributed by atoms with Crippen LogP contribution >= 0.6 is 0 Å². The normalized spacial score (nSPS) is 13.2. The molecule has 1 unspecified atom stereocenters. The molecular formula is C8H15NO2. The second-order valence-electron chi connectivity index (χ2n) is 3.07. The number of ketones is 2. The van der Waals surface area contributed by atoms with Crippen molar-refractivity contribution in [3.63, 3.8) is 0 Å². The van der Waals surface area contributed by atoms with Crippen molar-refractivity contribution >= 4 is 11.6 Å². The summed E-state index contributed by atoms with van der Waals surface area (Å²) in [7, 11) is 0. The zero-order valence-electron chi connectivity index (χ0n) is 7.26. The van der Waals surface area contributed by atoms with E-state index >= 15 is 0 Å². The van der Waals surface area contributed by atoms with E-state index in [0.717, 1.165) is 0 Å². The zero-order valence-corrected chi connectivity index (χ0v) is 7.26. The third kappa shape index (κ3) is 3.88. The van der Waals surface area contributed by atoms with Gasteiger partial charge < -0.3 is 5.73 Å². The maximum atomic E-state index is 11.1. The lowest BCUT2D eigenvalue weighted by Crippen LogP contribution is -2.35.